The zero-order chi connectivity index (χ0) is 15.6. The second-order valence-electron chi connectivity index (χ2n) is 4.01. The normalized spacial score (nSPS) is 10.3. The van der Waals surface area contributed by atoms with Gasteiger partial charge in [0.25, 0.3) is 5.91 Å². The van der Waals surface area contributed by atoms with Crippen LogP contribution < -0.4 is 16.6 Å². The highest BCUT2D eigenvalue weighted by atomic mass is 79.9. The Labute approximate surface area is 126 Å². The van der Waals surface area contributed by atoms with Gasteiger partial charge >= 0.3 is 0 Å². The van der Waals surface area contributed by atoms with E-state index >= 15 is 0 Å². The number of hydrogen-bond acceptors (Lipinski definition) is 3. The van der Waals surface area contributed by atoms with Gasteiger partial charge in [-0.1, -0.05) is 6.07 Å². The van der Waals surface area contributed by atoms with Crippen LogP contribution in [0.4, 0.5) is 24.5 Å². The number of hydrazine groups is 1. The van der Waals surface area contributed by atoms with E-state index in [1.54, 1.807) is 0 Å². The molecule has 8 heteroatoms. The number of benzene rings is 2. The van der Waals surface area contributed by atoms with E-state index in [0.717, 1.165) is 12.1 Å². The minimum absolute atomic E-state index is 0.0179. The molecule has 0 saturated heterocycles. The Hall–Kier alpha value is -2.06. The number of anilines is 2. The molecule has 4 N–H and O–H groups in total. The molecule has 0 aliphatic carbocycles. The highest BCUT2D eigenvalue weighted by molar-refractivity contribution is 9.10. The van der Waals surface area contributed by atoms with E-state index in [0.29, 0.717) is 6.07 Å². The molecule has 0 spiro atoms. The summed E-state index contributed by atoms with van der Waals surface area (Å²) in [7, 11) is 0. The van der Waals surface area contributed by atoms with Crippen molar-refractivity contribution in [1.29, 1.82) is 0 Å². The number of carbonyl (C=O) groups excluding carboxylic acids is 1. The van der Waals surface area contributed by atoms with Gasteiger partial charge in [-0.2, -0.15) is 0 Å². The van der Waals surface area contributed by atoms with E-state index in [4.69, 9.17) is 5.84 Å². The van der Waals surface area contributed by atoms with E-state index in [-0.39, 0.29) is 21.4 Å². The molecular formula is C13H9BrF3N3O. The first kappa shape index (κ1) is 15.3. The first-order chi connectivity index (χ1) is 9.93. The summed E-state index contributed by atoms with van der Waals surface area (Å²) < 4.78 is 40.2. The summed E-state index contributed by atoms with van der Waals surface area (Å²) in [6.45, 7) is 0. The summed E-state index contributed by atoms with van der Waals surface area (Å²) in [4.78, 5) is 12.0. The number of nitrogens with two attached hydrogens (primary N) is 1. The van der Waals surface area contributed by atoms with Crippen molar-refractivity contribution in [3.05, 3.63) is 57.8 Å². The van der Waals surface area contributed by atoms with Gasteiger partial charge in [-0.15, -0.1) is 0 Å². The smallest absolute Gasteiger partial charge is 0.258 e. The summed E-state index contributed by atoms with van der Waals surface area (Å²) >= 11 is 2.88. The Morgan fingerprint density at radius 2 is 1.81 bits per heavy atom. The van der Waals surface area contributed by atoms with Gasteiger partial charge in [-0.25, -0.2) is 13.2 Å². The van der Waals surface area contributed by atoms with Gasteiger partial charge in [0, 0.05) is 6.07 Å². The molecule has 0 aliphatic heterocycles. The van der Waals surface area contributed by atoms with Crippen molar-refractivity contribution in [3.8, 4) is 0 Å². The van der Waals surface area contributed by atoms with Crippen LogP contribution in [0.1, 0.15) is 10.4 Å². The van der Waals surface area contributed by atoms with Gasteiger partial charge in [-0.05, 0) is 34.1 Å². The van der Waals surface area contributed by atoms with Gasteiger partial charge in [0.1, 0.15) is 17.5 Å². The molecule has 2 aromatic carbocycles. The standard InChI is InChI=1S/C13H9BrF3N3O/c14-7-4-11(10(17)5-9(7)16)19-13(21)6-2-1-3-8(15)12(6)20-18/h1-5,20H,18H2,(H,19,21). The van der Waals surface area contributed by atoms with Crippen molar-refractivity contribution in [2.24, 2.45) is 5.84 Å². The third-order valence-electron chi connectivity index (χ3n) is 2.66. The molecule has 0 bridgehead atoms. The van der Waals surface area contributed by atoms with E-state index in [1.165, 1.54) is 12.1 Å². The number of hydrogen-bond donors (Lipinski definition) is 3. The maximum Gasteiger partial charge on any atom is 0.258 e. The largest absolute Gasteiger partial charge is 0.321 e. The quantitative estimate of drug-likeness (QED) is 0.447. The molecule has 0 saturated carbocycles. The predicted octanol–water partition coefficient (Wildman–Crippen LogP) is 3.40. The Kier molecular flexibility index (Phi) is 4.49. The molecule has 2 aromatic rings. The Balaban J connectivity index is 2.35. The third-order valence-corrected chi connectivity index (χ3v) is 3.27. The number of amides is 1. The van der Waals surface area contributed by atoms with Crippen LogP contribution in [0.25, 0.3) is 0 Å². The lowest BCUT2D eigenvalue weighted by Crippen LogP contribution is -2.19. The maximum absolute atomic E-state index is 13.6. The second kappa shape index (κ2) is 6.15. The lowest BCUT2D eigenvalue weighted by atomic mass is 10.1. The van der Waals surface area contributed by atoms with Crippen molar-refractivity contribution in [1.82, 2.24) is 0 Å². The van der Waals surface area contributed by atoms with Crippen LogP contribution in [-0.4, -0.2) is 5.91 Å². The van der Waals surface area contributed by atoms with Crippen molar-refractivity contribution in [3.63, 3.8) is 0 Å². The molecule has 0 aliphatic rings. The Morgan fingerprint density at radius 1 is 1.10 bits per heavy atom. The van der Waals surface area contributed by atoms with Crippen LogP contribution in [0.5, 0.6) is 0 Å². The van der Waals surface area contributed by atoms with Crippen LogP contribution in [0.3, 0.4) is 0 Å². The molecule has 0 atom stereocenters. The minimum atomic E-state index is -0.956. The summed E-state index contributed by atoms with van der Waals surface area (Å²) in [5, 5.41) is 2.22. The van der Waals surface area contributed by atoms with Gasteiger partial charge in [-0.3, -0.25) is 10.6 Å². The van der Waals surface area contributed by atoms with E-state index in [2.05, 4.69) is 26.7 Å². The number of nitrogen functional groups attached to an aromatic ring is 1. The summed E-state index contributed by atoms with van der Waals surface area (Å²) in [6.07, 6.45) is 0. The number of halogens is 4. The molecule has 0 aromatic heterocycles. The van der Waals surface area contributed by atoms with Crippen LogP contribution in [-0.2, 0) is 0 Å². The third kappa shape index (κ3) is 3.17. The van der Waals surface area contributed by atoms with Crippen molar-refractivity contribution in [2.45, 2.75) is 0 Å². The molecule has 1 amide bonds. The number of para-hydroxylation sites is 1. The van der Waals surface area contributed by atoms with Gasteiger partial charge in [0.15, 0.2) is 0 Å². The lowest BCUT2D eigenvalue weighted by molar-refractivity contribution is 0.102. The monoisotopic (exact) mass is 359 g/mol. The first-order valence-electron chi connectivity index (χ1n) is 5.65. The summed E-state index contributed by atoms with van der Waals surface area (Å²) in [5.74, 6) is 1.87. The average Bonchev–Trinajstić information content (AvgIpc) is 2.44. The first-order valence-corrected chi connectivity index (χ1v) is 6.44. The fraction of sp³-hybridized carbons (Fsp3) is 0. The molecule has 0 heterocycles. The Bertz CT molecular complexity index is 709. The maximum atomic E-state index is 13.6. The average molecular weight is 360 g/mol. The van der Waals surface area contributed by atoms with Crippen LogP contribution >= 0.6 is 15.9 Å². The van der Waals surface area contributed by atoms with E-state index < -0.39 is 23.4 Å². The zero-order valence-electron chi connectivity index (χ0n) is 10.4. The van der Waals surface area contributed by atoms with Crippen LogP contribution in [0, 0.1) is 17.5 Å². The van der Waals surface area contributed by atoms with Crippen LogP contribution in [0.15, 0.2) is 34.8 Å². The molecule has 0 radical (unpaired) electrons. The zero-order valence-corrected chi connectivity index (χ0v) is 12.0. The fourth-order valence-corrected chi connectivity index (χ4v) is 2.01. The molecule has 21 heavy (non-hydrogen) atoms. The molecule has 4 nitrogen and oxygen atoms in total. The van der Waals surface area contributed by atoms with Crippen molar-refractivity contribution in [2.75, 3.05) is 10.7 Å². The Morgan fingerprint density at radius 3 is 2.48 bits per heavy atom. The van der Waals surface area contributed by atoms with Gasteiger partial charge in [0.05, 0.1) is 21.4 Å². The van der Waals surface area contributed by atoms with Crippen molar-refractivity contribution < 1.29 is 18.0 Å². The van der Waals surface area contributed by atoms with Gasteiger partial charge in [0.2, 0.25) is 0 Å². The fourth-order valence-electron chi connectivity index (χ4n) is 1.67. The molecule has 2 rings (SSSR count). The topological polar surface area (TPSA) is 67.1 Å². The second-order valence-corrected chi connectivity index (χ2v) is 4.86. The lowest BCUT2D eigenvalue weighted by Gasteiger charge is -2.11. The minimum Gasteiger partial charge on any atom is -0.321 e. The van der Waals surface area contributed by atoms with Crippen LogP contribution in [0.2, 0.25) is 0 Å². The van der Waals surface area contributed by atoms with E-state index in [1.807, 2.05) is 0 Å². The summed E-state index contributed by atoms with van der Waals surface area (Å²) in [5.41, 5.74) is 1.48. The van der Waals surface area contributed by atoms with E-state index in [9.17, 15) is 18.0 Å². The molecule has 0 fully saturated rings. The molecular weight excluding hydrogens is 351 g/mol. The van der Waals surface area contributed by atoms with Crippen molar-refractivity contribution >= 4 is 33.2 Å². The number of nitrogens with one attached hydrogen (secondary N) is 2. The predicted molar refractivity (Wildman–Crippen MR) is 76.2 cm³/mol. The highest BCUT2D eigenvalue weighted by Crippen LogP contribution is 2.25. The summed E-state index contributed by atoms with van der Waals surface area (Å²) in [6, 6.07) is 5.41. The number of rotatable bonds is 3. The molecule has 110 valence electrons. The SMILES string of the molecule is NNc1c(F)cccc1C(=O)Nc1cc(Br)c(F)cc1F. The van der Waals surface area contributed by atoms with Gasteiger partial charge < -0.3 is 10.7 Å². The molecule has 0 unspecified atom stereocenters. The number of carbonyl (C=O) groups is 1. The highest BCUT2D eigenvalue weighted by Gasteiger charge is 2.17.